The Kier molecular flexibility index (Phi) is 9.11. The van der Waals surface area contributed by atoms with Gasteiger partial charge in [0, 0.05) is 42.5 Å². The highest BCUT2D eigenvalue weighted by molar-refractivity contribution is 5.94. The molecule has 0 radical (unpaired) electrons. The fourth-order valence-corrected chi connectivity index (χ4v) is 5.70. The zero-order valence-corrected chi connectivity index (χ0v) is 25.3. The molecule has 2 heterocycles. The number of hydrogen-bond acceptors (Lipinski definition) is 4. The van der Waals surface area contributed by atoms with Crippen molar-refractivity contribution in [1.82, 2.24) is 14.3 Å². The molecule has 0 aliphatic heterocycles. The van der Waals surface area contributed by atoms with Crippen LogP contribution in [-0.4, -0.2) is 33.3 Å². The number of anilines is 1. The average molecular weight is 593 g/mol. The molecule has 0 bridgehead atoms. The first-order chi connectivity index (χ1) is 22.1. The summed E-state index contributed by atoms with van der Waals surface area (Å²) in [6, 6.07) is 42.6. The Morgan fingerprint density at radius 1 is 0.800 bits per heavy atom. The number of hydrogen-bond donors (Lipinski definition) is 1. The summed E-state index contributed by atoms with van der Waals surface area (Å²) in [6.07, 6.45) is 2.84. The number of aromatic nitrogens is 2. The van der Waals surface area contributed by atoms with Crippen LogP contribution < -0.4 is 10.9 Å². The van der Waals surface area contributed by atoms with Crippen LogP contribution in [-0.2, 0) is 6.42 Å². The lowest BCUT2D eigenvalue weighted by molar-refractivity contribution is 0.0702. The number of nitrogens with one attached hydrogen (secondary N) is 1. The fraction of sp³-hybridized carbons (Fsp3) is 0.154. The summed E-state index contributed by atoms with van der Waals surface area (Å²) in [5.41, 5.74) is 6.19. The first-order valence-electron chi connectivity index (χ1n) is 15.3. The van der Waals surface area contributed by atoms with Crippen LogP contribution in [0.3, 0.4) is 0 Å². The summed E-state index contributed by atoms with van der Waals surface area (Å²) < 4.78 is 1.60. The van der Waals surface area contributed by atoms with E-state index in [1.165, 1.54) is 0 Å². The quantitative estimate of drug-likeness (QED) is 0.160. The van der Waals surface area contributed by atoms with Crippen molar-refractivity contribution < 1.29 is 4.79 Å². The zero-order chi connectivity index (χ0) is 31.0. The van der Waals surface area contributed by atoms with Crippen molar-refractivity contribution in [3.8, 4) is 0 Å². The Morgan fingerprint density at radius 2 is 1.44 bits per heavy atom. The van der Waals surface area contributed by atoms with Gasteiger partial charge < -0.3 is 10.2 Å². The van der Waals surface area contributed by atoms with Crippen LogP contribution in [0.2, 0.25) is 0 Å². The Hall–Kier alpha value is -5.49. The van der Waals surface area contributed by atoms with Crippen molar-refractivity contribution in [2.24, 2.45) is 0 Å². The largest absolute Gasteiger partial charge is 0.385 e. The second-order valence-corrected chi connectivity index (χ2v) is 11.2. The van der Waals surface area contributed by atoms with Crippen molar-refractivity contribution >= 4 is 17.2 Å². The number of fused-ring (bicyclic) bond motifs is 1. The van der Waals surface area contributed by atoms with E-state index >= 15 is 0 Å². The molecule has 6 nitrogen and oxygen atoms in total. The molecule has 1 amide bonds. The van der Waals surface area contributed by atoms with E-state index in [4.69, 9.17) is 4.98 Å². The number of carbonyl (C=O) groups excluding carboxylic acids is 1. The molecule has 4 aromatic carbocycles. The van der Waals surface area contributed by atoms with Gasteiger partial charge >= 0.3 is 0 Å². The highest BCUT2D eigenvalue weighted by Crippen LogP contribution is 2.32. The third-order valence-electron chi connectivity index (χ3n) is 8.01. The van der Waals surface area contributed by atoms with E-state index in [0.717, 1.165) is 22.4 Å². The predicted molar refractivity (Wildman–Crippen MR) is 181 cm³/mol. The van der Waals surface area contributed by atoms with Gasteiger partial charge in [-0.15, -0.1) is 0 Å². The molecule has 0 spiro atoms. The second-order valence-electron chi connectivity index (χ2n) is 11.2. The Morgan fingerprint density at radius 3 is 2.16 bits per heavy atom. The minimum atomic E-state index is -0.589. The maximum absolute atomic E-state index is 14.5. The van der Waals surface area contributed by atoms with Crippen LogP contribution in [0.5, 0.6) is 0 Å². The Bertz CT molecular complexity index is 1920. The van der Waals surface area contributed by atoms with Gasteiger partial charge in [0.15, 0.2) is 0 Å². The summed E-state index contributed by atoms with van der Waals surface area (Å²) in [5.74, 6) is -0.107. The first kappa shape index (κ1) is 29.6. The van der Waals surface area contributed by atoms with E-state index in [1.54, 1.807) is 10.6 Å². The number of nitrogens with zero attached hydrogens (tertiary/aromatic N) is 3. The lowest BCUT2D eigenvalue weighted by Crippen LogP contribution is -2.39. The summed E-state index contributed by atoms with van der Waals surface area (Å²) in [6.45, 7) is 3.14. The van der Waals surface area contributed by atoms with Crippen LogP contribution in [0.1, 0.15) is 50.8 Å². The summed E-state index contributed by atoms with van der Waals surface area (Å²) in [4.78, 5) is 35.8. The molecule has 6 heteroatoms. The third-order valence-corrected chi connectivity index (χ3v) is 8.01. The van der Waals surface area contributed by atoms with E-state index in [0.29, 0.717) is 48.4 Å². The fourth-order valence-electron chi connectivity index (χ4n) is 5.70. The lowest BCUT2D eigenvalue weighted by atomic mass is 9.94. The zero-order valence-electron chi connectivity index (χ0n) is 25.3. The topological polar surface area (TPSA) is 66.7 Å². The number of pyridine rings is 1. The highest BCUT2D eigenvalue weighted by Gasteiger charge is 2.32. The number of aryl methyl sites for hydroxylation is 1. The van der Waals surface area contributed by atoms with Crippen molar-refractivity contribution in [2.45, 2.75) is 25.8 Å². The molecule has 2 aromatic heterocycles. The number of amides is 1. The van der Waals surface area contributed by atoms with E-state index < -0.39 is 6.04 Å². The maximum Gasteiger partial charge on any atom is 0.261 e. The van der Waals surface area contributed by atoms with E-state index in [1.807, 2.05) is 145 Å². The van der Waals surface area contributed by atoms with Crippen LogP contribution in [0.25, 0.3) is 5.65 Å². The molecule has 1 atom stereocenters. The molecule has 0 saturated carbocycles. The van der Waals surface area contributed by atoms with Gasteiger partial charge in [-0.05, 0) is 60.9 Å². The SMILES string of the molecule is Cc1ccc(C(=O)N(CCCNc2ccccc2)C(c2ccccc2)c2nc3ccccn3c(=O)c2Cc2ccccc2)cc1. The minimum absolute atomic E-state index is 0.107. The molecule has 45 heavy (non-hydrogen) atoms. The van der Waals surface area contributed by atoms with Gasteiger partial charge in [0.05, 0.1) is 5.69 Å². The van der Waals surface area contributed by atoms with Gasteiger partial charge in [0.2, 0.25) is 0 Å². The van der Waals surface area contributed by atoms with Gasteiger partial charge in [0.25, 0.3) is 11.5 Å². The Balaban J connectivity index is 1.49. The molecule has 1 N–H and O–H groups in total. The number of rotatable bonds is 11. The van der Waals surface area contributed by atoms with Crippen molar-refractivity contribution in [3.63, 3.8) is 0 Å². The van der Waals surface area contributed by atoms with Crippen molar-refractivity contribution in [3.05, 3.63) is 184 Å². The van der Waals surface area contributed by atoms with Crippen LogP contribution in [0.15, 0.2) is 144 Å². The monoisotopic (exact) mass is 592 g/mol. The van der Waals surface area contributed by atoms with Gasteiger partial charge in [-0.2, -0.15) is 0 Å². The molecule has 6 rings (SSSR count). The smallest absolute Gasteiger partial charge is 0.261 e. The molecule has 1 unspecified atom stereocenters. The van der Waals surface area contributed by atoms with Crippen LogP contribution in [0.4, 0.5) is 5.69 Å². The van der Waals surface area contributed by atoms with Crippen molar-refractivity contribution in [2.75, 3.05) is 18.4 Å². The van der Waals surface area contributed by atoms with Crippen LogP contribution >= 0.6 is 0 Å². The molecule has 224 valence electrons. The predicted octanol–water partition coefficient (Wildman–Crippen LogP) is 7.33. The molecule has 0 fully saturated rings. The van der Waals surface area contributed by atoms with E-state index in [-0.39, 0.29) is 11.5 Å². The van der Waals surface area contributed by atoms with Crippen molar-refractivity contribution in [1.29, 1.82) is 0 Å². The van der Waals surface area contributed by atoms with E-state index in [2.05, 4.69) is 5.32 Å². The number of carbonyl (C=O) groups is 1. The standard InChI is InChI=1S/C39H36N4O2/c1-29-21-23-32(24-22-29)38(44)43(27-13-25-40-33-18-9-4-10-19-33)37(31-16-7-3-8-17-31)36-34(28-30-14-5-2-6-15-30)39(45)42-26-12-11-20-35(42)41-36/h2-12,14-24,26,37,40H,13,25,27-28H2,1H3. The molecular weight excluding hydrogens is 556 g/mol. The lowest BCUT2D eigenvalue weighted by Gasteiger charge is -2.33. The van der Waals surface area contributed by atoms with Gasteiger partial charge in [-0.1, -0.05) is 103 Å². The summed E-state index contributed by atoms with van der Waals surface area (Å²) in [7, 11) is 0. The van der Waals surface area contributed by atoms with Crippen LogP contribution in [0, 0.1) is 6.92 Å². The molecular formula is C39H36N4O2. The van der Waals surface area contributed by atoms with E-state index in [9.17, 15) is 9.59 Å². The van der Waals surface area contributed by atoms with Gasteiger partial charge in [-0.25, -0.2) is 4.98 Å². The molecule has 6 aromatic rings. The molecule has 0 aliphatic carbocycles. The third kappa shape index (κ3) is 6.86. The Labute approximate surface area is 263 Å². The number of para-hydroxylation sites is 1. The van der Waals surface area contributed by atoms with Gasteiger partial charge in [-0.3, -0.25) is 14.0 Å². The average Bonchev–Trinajstić information content (AvgIpc) is 3.09. The molecule has 0 aliphatic rings. The second kappa shape index (κ2) is 13.9. The first-order valence-corrected chi connectivity index (χ1v) is 15.3. The normalized spacial score (nSPS) is 11.7. The summed E-state index contributed by atoms with van der Waals surface area (Å²) in [5, 5.41) is 3.48. The molecule has 0 saturated heterocycles. The maximum atomic E-state index is 14.5. The highest BCUT2D eigenvalue weighted by atomic mass is 16.2. The summed E-state index contributed by atoms with van der Waals surface area (Å²) >= 11 is 0. The number of benzene rings is 4. The minimum Gasteiger partial charge on any atom is -0.385 e. The van der Waals surface area contributed by atoms with Gasteiger partial charge in [0.1, 0.15) is 11.7 Å².